The van der Waals surface area contributed by atoms with Crippen molar-refractivity contribution in [2.45, 2.75) is 40.0 Å². The molecular weight excluding hydrogens is 194 g/mol. The Morgan fingerprint density at radius 3 is 2.64 bits per heavy atom. The lowest BCUT2D eigenvalue weighted by molar-refractivity contribution is -0.120. The number of thioether (sulfide) groups is 1. The van der Waals surface area contributed by atoms with Crippen molar-refractivity contribution in [1.82, 2.24) is 5.32 Å². The summed E-state index contributed by atoms with van der Waals surface area (Å²) in [5.74, 6) is 3.00. The third-order valence-corrected chi connectivity index (χ3v) is 3.06. The molecule has 1 N–H and O–H groups in total. The normalized spacial score (nSPS) is 10.6. The molecule has 0 aromatic carbocycles. The summed E-state index contributed by atoms with van der Waals surface area (Å²) in [5, 5.41) is 2.94. The average Bonchev–Trinajstić information content (AvgIpc) is 2.12. The Morgan fingerprint density at radius 2 is 2.07 bits per heavy atom. The Morgan fingerprint density at radius 1 is 1.36 bits per heavy atom. The highest BCUT2D eigenvalue weighted by atomic mass is 32.2. The SMILES string of the molecule is CCCSCCC(=O)NCCC(C)C. The summed E-state index contributed by atoms with van der Waals surface area (Å²) in [5.41, 5.74) is 0. The van der Waals surface area contributed by atoms with Crippen molar-refractivity contribution < 1.29 is 4.79 Å². The summed E-state index contributed by atoms with van der Waals surface area (Å²) in [6.07, 6.45) is 2.94. The monoisotopic (exact) mass is 217 g/mol. The molecule has 0 saturated heterocycles. The second kappa shape index (κ2) is 9.38. The lowest BCUT2D eigenvalue weighted by Gasteiger charge is -2.06. The van der Waals surface area contributed by atoms with Gasteiger partial charge in [-0.15, -0.1) is 0 Å². The van der Waals surface area contributed by atoms with Crippen LogP contribution in [-0.4, -0.2) is 24.0 Å². The van der Waals surface area contributed by atoms with E-state index in [1.54, 1.807) is 0 Å². The Kier molecular flexibility index (Phi) is 9.26. The van der Waals surface area contributed by atoms with Gasteiger partial charge in [-0.25, -0.2) is 0 Å². The van der Waals surface area contributed by atoms with Crippen LogP contribution in [-0.2, 0) is 4.79 Å². The smallest absolute Gasteiger partial charge is 0.220 e. The van der Waals surface area contributed by atoms with E-state index >= 15 is 0 Å². The molecule has 84 valence electrons. The average molecular weight is 217 g/mol. The second-order valence-corrected chi connectivity index (χ2v) is 5.12. The quantitative estimate of drug-likeness (QED) is 0.633. The zero-order valence-corrected chi connectivity index (χ0v) is 10.5. The van der Waals surface area contributed by atoms with Crippen molar-refractivity contribution in [2.75, 3.05) is 18.1 Å². The molecule has 0 unspecified atom stereocenters. The zero-order valence-electron chi connectivity index (χ0n) is 9.64. The largest absolute Gasteiger partial charge is 0.356 e. The molecule has 0 saturated carbocycles. The van der Waals surface area contributed by atoms with Crippen LogP contribution in [0.1, 0.15) is 40.0 Å². The van der Waals surface area contributed by atoms with Crippen molar-refractivity contribution in [3.05, 3.63) is 0 Å². The lowest BCUT2D eigenvalue weighted by atomic mass is 10.1. The van der Waals surface area contributed by atoms with Gasteiger partial charge in [-0.05, 0) is 24.5 Å². The predicted octanol–water partition coefficient (Wildman–Crippen LogP) is 2.68. The number of carbonyl (C=O) groups excluding carboxylic acids is 1. The van der Waals surface area contributed by atoms with Crippen molar-refractivity contribution in [1.29, 1.82) is 0 Å². The van der Waals surface area contributed by atoms with Gasteiger partial charge in [-0.3, -0.25) is 4.79 Å². The first-order valence-electron chi connectivity index (χ1n) is 5.51. The number of rotatable bonds is 8. The van der Waals surface area contributed by atoms with Crippen molar-refractivity contribution in [2.24, 2.45) is 5.92 Å². The molecule has 0 aliphatic carbocycles. The van der Waals surface area contributed by atoms with Crippen LogP contribution in [0.4, 0.5) is 0 Å². The van der Waals surface area contributed by atoms with Crippen LogP contribution in [0.3, 0.4) is 0 Å². The van der Waals surface area contributed by atoms with Crippen LogP contribution < -0.4 is 5.32 Å². The fourth-order valence-corrected chi connectivity index (χ4v) is 1.82. The first kappa shape index (κ1) is 13.8. The van der Waals surface area contributed by atoms with Gasteiger partial charge in [0.15, 0.2) is 0 Å². The topological polar surface area (TPSA) is 29.1 Å². The molecule has 1 amide bonds. The molecule has 0 spiro atoms. The number of carbonyl (C=O) groups is 1. The highest BCUT2D eigenvalue weighted by Gasteiger charge is 2.00. The van der Waals surface area contributed by atoms with E-state index in [0.29, 0.717) is 12.3 Å². The highest BCUT2D eigenvalue weighted by molar-refractivity contribution is 7.99. The first-order valence-corrected chi connectivity index (χ1v) is 6.66. The van der Waals surface area contributed by atoms with E-state index in [1.807, 2.05) is 11.8 Å². The second-order valence-electron chi connectivity index (χ2n) is 3.89. The Balaban J connectivity index is 3.20. The van der Waals surface area contributed by atoms with Gasteiger partial charge in [0, 0.05) is 18.7 Å². The minimum absolute atomic E-state index is 0.203. The minimum Gasteiger partial charge on any atom is -0.356 e. The molecule has 0 atom stereocenters. The number of hydrogen-bond donors (Lipinski definition) is 1. The molecule has 0 heterocycles. The van der Waals surface area contributed by atoms with Gasteiger partial charge in [-0.1, -0.05) is 20.8 Å². The van der Waals surface area contributed by atoms with Gasteiger partial charge < -0.3 is 5.32 Å². The molecule has 0 bridgehead atoms. The third-order valence-electron chi connectivity index (χ3n) is 1.87. The summed E-state index contributed by atoms with van der Waals surface area (Å²) < 4.78 is 0. The van der Waals surface area contributed by atoms with E-state index in [-0.39, 0.29) is 5.91 Å². The zero-order chi connectivity index (χ0) is 10.8. The maximum atomic E-state index is 11.3. The minimum atomic E-state index is 0.203. The molecule has 0 aromatic heterocycles. The number of hydrogen-bond acceptors (Lipinski definition) is 2. The van der Waals surface area contributed by atoms with Gasteiger partial charge in [0.1, 0.15) is 0 Å². The van der Waals surface area contributed by atoms with Crippen molar-refractivity contribution in [3.8, 4) is 0 Å². The Hall–Kier alpha value is -0.180. The van der Waals surface area contributed by atoms with Crippen LogP contribution in [0.25, 0.3) is 0 Å². The van der Waals surface area contributed by atoms with E-state index in [4.69, 9.17) is 0 Å². The maximum absolute atomic E-state index is 11.3. The van der Waals surface area contributed by atoms with Crippen LogP contribution >= 0.6 is 11.8 Å². The summed E-state index contributed by atoms with van der Waals surface area (Å²) in [6.45, 7) is 7.33. The van der Waals surface area contributed by atoms with E-state index in [2.05, 4.69) is 26.1 Å². The molecule has 2 nitrogen and oxygen atoms in total. The van der Waals surface area contributed by atoms with Crippen LogP contribution in [0, 0.1) is 5.92 Å². The van der Waals surface area contributed by atoms with Gasteiger partial charge in [0.25, 0.3) is 0 Å². The number of nitrogens with one attached hydrogen (secondary N) is 1. The number of amides is 1. The fraction of sp³-hybridized carbons (Fsp3) is 0.909. The fourth-order valence-electron chi connectivity index (χ4n) is 1.000. The molecule has 0 radical (unpaired) electrons. The Bertz CT molecular complexity index is 148. The van der Waals surface area contributed by atoms with Gasteiger partial charge >= 0.3 is 0 Å². The molecule has 0 aromatic rings. The van der Waals surface area contributed by atoms with Gasteiger partial charge in [-0.2, -0.15) is 11.8 Å². The lowest BCUT2D eigenvalue weighted by Crippen LogP contribution is -2.25. The van der Waals surface area contributed by atoms with Gasteiger partial charge in [0.05, 0.1) is 0 Å². The standard InChI is InChI=1S/C11H23NOS/c1-4-8-14-9-6-11(13)12-7-5-10(2)3/h10H,4-9H2,1-3H3,(H,12,13). The molecular formula is C11H23NOS. The molecule has 14 heavy (non-hydrogen) atoms. The predicted molar refractivity (Wildman–Crippen MR) is 64.7 cm³/mol. The summed E-state index contributed by atoms with van der Waals surface area (Å²) in [4.78, 5) is 11.3. The van der Waals surface area contributed by atoms with E-state index in [1.165, 1.54) is 12.2 Å². The van der Waals surface area contributed by atoms with E-state index in [0.717, 1.165) is 18.7 Å². The summed E-state index contributed by atoms with van der Waals surface area (Å²) in [7, 11) is 0. The van der Waals surface area contributed by atoms with Crippen LogP contribution in [0.15, 0.2) is 0 Å². The summed E-state index contributed by atoms with van der Waals surface area (Å²) >= 11 is 1.86. The van der Waals surface area contributed by atoms with Crippen molar-refractivity contribution >= 4 is 17.7 Å². The van der Waals surface area contributed by atoms with Crippen LogP contribution in [0.2, 0.25) is 0 Å². The maximum Gasteiger partial charge on any atom is 0.220 e. The molecule has 0 fully saturated rings. The van der Waals surface area contributed by atoms with E-state index < -0.39 is 0 Å². The first-order chi connectivity index (χ1) is 6.66. The molecule has 0 rings (SSSR count). The summed E-state index contributed by atoms with van der Waals surface area (Å²) in [6, 6.07) is 0. The molecule has 3 heteroatoms. The van der Waals surface area contributed by atoms with Gasteiger partial charge in [0.2, 0.25) is 5.91 Å². The highest BCUT2D eigenvalue weighted by Crippen LogP contribution is 2.03. The molecule has 0 aliphatic rings. The Labute approximate surface area is 92.2 Å². The van der Waals surface area contributed by atoms with Crippen LogP contribution in [0.5, 0.6) is 0 Å². The van der Waals surface area contributed by atoms with Crippen molar-refractivity contribution in [3.63, 3.8) is 0 Å². The van der Waals surface area contributed by atoms with E-state index in [9.17, 15) is 4.79 Å². The molecule has 0 aliphatic heterocycles. The third kappa shape index (κ3) is 9.90.